The maximum atomic E-state index is 4.77. The molecule has 1 fully saturated rings. The van der Waals surface area contributed by atoms with Gasteiger partial charge < -0.3 is 15.5 Å². The summed E-state index contributed by atoms with van der Waals surface area (Å²) < 4.78 is 0. The fourth-order valence-electron chi connectivity index (χ4n) is 3.24. The molecular weight excluding hydrogens is 435 g/mol. The Morgan fingerprint density at radius 3 is 2.46 bits per heavy atom. The molecule has 0 bridgehead atoms. The maximum Gasteiger partial charge on any atom is 0.191 e. The number of nitrogens with one attached hydrogen (secondary N) is 2. The number of aliphatic imine (C=N–C) groups is 1. The zero-order valence-corrected chi connectivity index (χ0v) is 19.1. The van der Waals surface area contributed by atoms with Crippen LogP contribution in [0.15, 0.2) is 29.3 Å². The molecule has 1 aliphatic heterocycles. The molecule has 1 aromatic rings. The number of aryl methyl sites for hydroxylation is 1. The van der Waals surface area contributed by atoms with Crippen molar-refractivity contribution in [1.82, 2.24) is 15.5 Å². The molecule has 0 spiro atoms. The first-order chi connectivity index (χ1) is 12.2. The predicted molar refractivity (Wildman–Crippen MR) is 124 cm³/mol. The van der Waals surface area contributed by atoms with E-state index in [0.717, 1.165) is 25.6 Å². The second kappa shape index (κ2) is 13.4. The monoisotopic (exact) mass is 472 g/mol. The van der Waals surface area contributed by atoms with Crippen molar-refractivity contribution in [1.29, 1.82) is 0 Å². The zero-order valence-electron chi connectivity index (χ0n) is 16.8. The van der Waals surface area contributed by atoms with Gasteiger partial charge in [-0.25, -0.2) is 0 Å². The van der Waals surface area contributed by atoms with Crippen LogP contribution < -0.4 is 10.6 Å². The summed E-state index contributed by atoms with van der Waals surface area (Å²) in [5.41, 5.74) is 2.67. The molecule has 0 radical (unpaired) electrons. The molecule has 2 rings (SSSR count). The van der Waals surface area contributed by atoms with E-state index in [0.29, 0.717) is 5.92 Å². The van der Waals surface area contributed by atoms with Gasteiger partial charge >= 0.3 is 0 Å². The Morgan fingerprint density at radius 1 is 1.12 bits per heavy atom. The van der Waals surface area contributed by atoms with Gasteiger partial charge in [-0.3, -0.25) is 4.99 Å². The van der Waals surface area contributed by atoms with Gasteiger partial charge in [0.25, 0.3) is 0 Å². The highest BCUT2D eigenvalue weighted by Crippen LogP contribution is 2.16. The number of rotatable bonds is 9. The number of hydrogen-bond acceptors (Lipinski definition) is 2. The van der Waals surface area contributed by atoms with Gasteiger partial charge in [-0.05, 0) is 64.7 Å². The first-order valence-corrected chi connectivity index (χ1v) is 10.00. The normalized spacial score (nSPS) is 16.2. The van der Waals surface area contributed by atoms with E-state index < -0.39 is 0 Å². The summed E-state index contributed by atoms with van der Waals surface area (Å²) in [6.07, 6.45) is 5.24. The predicted octanol–water partition coefficient (Wildman–Crippen LogP) is 4.15. The van der Waals surface area contributed by atoms with Gasteiger partial charge in [-0.2, -0.15) is 0 Å². The third kappa shape index (κ3) is 8.71. The highest BCUT2D eigenvalue weighted by Gasteiger charge is 2.10. The van der Waals surface area contributed by atoms with E-state index in [9.17, 15) is 0 Å². The summed E-state index contributed by atoms with van der Waals surface area (Å²) in [5.74, 6) is 1.38. The van der Waals surface area contributed by atoms with Crippen molar-refractivity contribution < 1.29 is 0 Å². The Morgan fingerprint density at radius 2 is 1.81 bits per heavy atom. The van der Waals surface area contributed by atoms with Crippen molar-refractivity contribution in [2.24, 2.45) is 4.99 Å². The van der Waals surface area contributed by atoms with Gasteiger partial charge in [-0.1, -0.05) is 36.8 Å². The lowest BCUT2D eigenvalue weighted by Gasteiger charge is -2.16. The van der Waals surface area contributed by atoms with Crippen LogP contribution in [-0.4, -0.2) is 50.1 Å². The van der Waals surface area contributed by atoms with Crippen molar-refractivity contribution in [2.45, 2.75) is 52.4 Å². The summed E-state index contributed by atoms with van der Waals surface area (Å²) in [7, 11) is 0. The summed E-state index contributed by atoms with van der Waals surface area (Å²) in [5, 5.41) is 6.84. The van der Waals surface area contributed by atoms with E-state index in [1.165, 1.54) is 56.4 Å². The molecule has 0 amide bonds. The Balaban J connectivity index is 0.00000338. The average molecular weight is 472 g/mol. The number of likely N-dealkylation sites (tertiary alicyclic amines) is 1. The van der Waals surface area contributed by atoms with Crippen molar-refractivity contribution in [2.75, 3.05) is 39.3 Å². The minimum Gasteiger partial charge on any atom is -0.357 e. The van der Waals surface area contributed by atoms with Gasteiger partial charge in [0.15, 0.2) is 5.96 Å². The second-order valence-corrected chi connectivity index (χ2v) is 7.21. The number of unbranched alkanes of at least 4 members (excludes halogenated alkanes) is 1. The van der Waals surface area contributed by atoms with E-state index in [1.54, 1.807) is 0 Å². The van der Waals surface area contributed by atoms with Crippen molar-refractivity contribution in [3.63, 3.8) is 0 Å². The van der Waals surface area contributed by atoms with Gasteiger partial charge in [0.05, 0.1) is 0 Å². The molecule has 1 unspecified atom stereocenters. The summed E-state index contributed by atoms with van der Waals surface area (Å²) in [6, 6.07) is 8.79. The van der Waals surface area contributed by atoms with Crippen LogP contribution in [0, 0.1) is 6.92 Å². The molecule has 148 valence electrons. The van der Waals surface area contributed by atoms with Gasteiger partial charge in [0.2, 0.25) is 0 Å². The minimum absolute atomic E-state index is 0. The third-order valence-electron chi connectivity index (χ3n) is 4.91. The Kier molecular flexibility index (Phi) is 11.9. The van der Waals surface area contributed by atoms with Crippen LogP contribution in [0.5, 0.6) is 0 Å². The number of halogens is 1. The second-order valence-electron chi connectivity index (χ2n) is 7.21. The molecule has 2 N–H and O–H groups in total. The SMILES string of the molecule is CCNC(=NCC(C)c1ccc(C)cc1)NCCCCN1CCCC1.I. The van der Waals surface area contributed by atoms with Crippen LogP contribution in [0.3, 0.4) is 0 Å². The van der Waals surface area contributed by atoms with E-state index in [-0.39, 0.29) is 24.0 Å². The Labute approximate surface area is 177 Å². The van der Waals surface area contributed by atoms with Crippen LogP contribution in [-0.2, 0) is 0 Å². The van der Waals surface area contributed by atoms with Gasteiger partial charge in [0, 0.05) is 25.6 Å². The molecule has 0 aromatic heterocycles. The molecule has 1 atom stereocenters. The van der Waals surface area contributed by atoms with Crippen LogP contribution in [0.2, 0.25) is 0 Å². The zero-order chi connectivity index (χ0) is 17.9. The van der Waals surface area contributed by atoms with E-state index in [4.69, 9.17) is 4.99 Å². The average Bonchev–Trinajstić information content (AvgIpc) is 3.13. The molecule has 0 aliphatic carbocycles. The van der Waals surface area contributed by atoms with Crippen LogP contribution in [0.1, 0.15) is 56.6 Å². The molecular formula is C21H37IN4. The molecule has 1 heterocycles. The first kappa shape index (κ1) is 23.2. The van der Waals surface area contributed by atoms with Gasteiger partial charge in [0.1, 0.15) is 0 Å². The van der Waals surface area contributed by atoms with Crippen LogP contribution in [0.25, 0.3) is 0 Å². The lowest BCUT2D eigenvalue weighted by atomic mass is 10.0. The summed E-state index contributed by atoms with van der Waals surface area (Å²) in [6.45, 7) is 13.1. The first-order valence-electron chi connectivity index (χ1n) is 10.00. The van der Waals surface area contributed by atoms with E-state index in [2.05, 4.69) is 60.6 Å². The largest absolute Gasteiger partial charge is 0.357 e. The van der Waals surface area contributed by atoms with E-state index in [1.807, 2.05) is 0 Å². The molecule has 4 nitrogen and oxygen atoms in total. The van der Waals surface area contributed by atoms with Crippen LogP contribution in [0.4, 0.5) is 0 Å². The molecule has 1 saturated heterocycles. The highest BCUT2D eigenvalue weighted by atomic mass is 127. The standard InChI is InChI=1S/C21H36N4.HI/c1-4-22-21(23-13-5-6-14-25-15-7-8-16-25)24-17-19(3)20-11-9-18(2)10-12-20;/h9-12,19H,4-8,13-17H2,1-3H3,(H2,22,23,24);1H. The van der Waals surface area contributed by atoms with Crippen molar-refractivity contribution in [3.8, 4) is 0 Å². The summed E-state index contributed by atoms with van der Waals surface area (Å²) >= 11 is 0. The Bertz CT molecular complexity index is 509. The molecule has 26 heavy (non-hydrogen) atoms. The maximum absolute atomic E-state index is 4.77. The Hall–Kier alpha value is -0.820. The number of nitrogens with zero attached hydrogens (tertiary/aromatic N) is 2. The third-order valence-corrected chi connectivity index (χ3v) is 4.91. The number of benzene rings is 1. The van der Waals surface area contributed by atoms with Crippen molar-refractivity contribution >= 4 is 29.9 Å². The lowest BCUT2D eigenvalue weighted by Crippen LogP contribution is -2.38. The topological polar surface area (TPSA) is 39.7 Å². The highest BCUT2D eigenvalue weighted by molar-refractivity contribution is 14.0. The molecule has 0 saturated carbocycles. The number of hydrogen-bond donors (Lipinski definition) is 2. The summed E-state index contributed by atoms with van der Waals surface area (Å²) in [4.78, 5) is 7.36. The van der Waals surface area contributed by atoms with Gasteiger partial charge in [-0.15, -0.1) is 24.0 Å². The van der Waals surface area contributed by atoms with Crippen molar-refractivity contribution in [3.05, 3.63) is 35.4 Å². The number of guanidine groups is 1. The lowest BCUT2D eigenvalue weighted by molar-refractivity contribution is 0.330. The fourth-order valence-corrected chi connectivity index (χ4v) is 3.24. The molecule has 1 aromatic carbocycles. The molecule has 1 aliphatic rings. The van der Waals surface area contributed by atoms with Crippen LogP contribution >= 0.6 is 24.0 Å². The molecule has 5 heteroatoms. The smallest absolute Gasteiger partial charge is 0.191 e. The fraction of sp³-hybridized carbons (Fsp3) is 0.667. The van der Waals surface area contributed by atoms with E-state index >= 15 is 0 Å². The minimum atomic E-state index is 0. The quantitative estimate of drug-likeness (QED) is 0.246.